The first-order chi connectivity index (χ1) is 15.4. The van der Waals surface area contributed by atoms with E-state index in [1.165, 1.54) is 6.07 Å². The highest BCUT2D eigenvalue weighted by Crippen LogP contribution is 2.29. The minimum Gasteiger partial charge on any atom is -0.483 e. The number of benzene rings is 3. The number of aryl methyl sites for hydroxylation is 2. The van der Waals surface area contributed by atoms with Crippen LogP contribution in [0.15, 0.2) is 60.7 Å². The fraction of sp³-hybridized carbons (Fsp3) is 0.231. The average Bonchev–Trinajstić information content (AvgIpc) is 2.77. The summed E-state index contributed by atoms with van der Waals surface area (Å²) in [4.78, 5) is 27.0. The first-order valence-electron chi connectivity index (χ1n) is 10.6. The normalized spacial score (nSPS) is 13.0. The van der Waals surface area contributed by atoms with E-state index < -0.39 is 0 Å². The van der Waals surface area contributed by atoms with E-state index in [9.17, 15) is 14.0 Å². The zero-order valence-corrected chi connectivity index (χ0v) is 18.2. The molecule has 164 valence electrons. The van der Waals surface area contributed by atoms with Crippen molar-refractivity contribution >= 4 is 17.5 Å². The Morgan fingerprint density at radius 3 is 2.69 bits per heavy atom. The van der Waals surface area contributed by atoms with Gasteiger partial charge >= 0.3 is 0 Å². The van der Waals surface area contributed by atoms with Crippen molar-refractivity contribution < 1.29 is 18.7 Å². The molecule has 1 N–H and O–H groups in total. The summed E-state index contributed by atoms with van der Waals surface area (Å²) in [5, 5.41) is 2.86. The monoisotopic (exact) mass is 432 g/mol. The lowest BCUT2D eigenvalue weighted by Crippen LogP contribution is -2.37. The number of hydrogen-bond donors (Lipinski definition) is 1. The van der Waals surface area contributed by atoms with Crippen LogP contribution in [-0.4, -0.2) is 29.9 Å². The van der Waals surface area contributed by atoms with Gasteiger partial charge in [0.25, 0.3) is 11.8 Å². The lowest BCUT2D eigenvalue weighted by molar-refractivity contribution is -0.118. The third kappa shape index (κ3) is 4.64. The standard InChI is InChI=1S/C26H25FN2O3/c1-17-10-11-23(18(2)14-17)28-25(30)16-32-24-9-5-7-21-20(24)12-13-29(26(21)31)15-19-6-3-4-8-22(19)27/h3-11,14H,12-13,15-16H2,1-2H3,(H,28,30). The number of carbonyl (C=O) groups is 2. The molecule has 5 nitrogen and oxygen atoms in total. The smallest absolute Gasteiger partial charge is 0.262 e. The number of ether oxygens (including phenoxy) is 1. The van der Waals surface area contributed by atoms with E-state index in [1.54, 1.807) is 41.3 Å². The van der Waals surface area contributed by atoms with Gasteiger partial charge < -0.3 is 15.0 Å². The van der Waals surface area contributed by atoms with Crippen molar-refractivity contribution in [2.24, 2.45) is 0 Å². The summed E-state index contributed by atoms with van der Waals surface area (Å²) in [6.07, 6.45) is 0.574. The molecule has 3 aromatic rings. The first kappa shape index (κ1) is 21.6. The summed E-state index contributed by atoms with van der Waals surface area (Å²) in [7, 11) is 0. The highest BCUT2D eigenvalue weighted by molar-refractivity contribution is 5.97. The second-order valence-corrected chi connectivity index (χ2v) is 8.01. The molecule has 6 heteroatoms. The van der Waals surface area contributed by atoms with Crippen LogP contribution in [-0.2, 0) is 17.8 Å². The third-order valence-electron chi connectivity index (χ3n) is 5.62. The van der Waals surface area contributed by atoms with Crippen molar-refractivity contribution in [3.05, 3.63) is 94.3 Å². The number of amides is 2. The molecule has 1 heterocycles. The van der Waals surface area contributed by atoms with Gasteiger partial charge in [0.05, 0.1) is 0 Å². The fourth-order valence-corrected chi connectivity index (χ4v) is 3.94. The Hall–Kier alpha value is -3.67. The van der Waals surface area contributed by atoms with Crippen LogP contribution in [0.2, 0.25) is 0 Å². The number of carbonyl (C=O) groups excluding carboxylic acids is 2. The lowest BCUT2D eigenvalue weighted by atomic mass is 9.97. The second kappa shape index (κ2) is 9.22. The molecule has 0 spiro atoms. The number of halogens is 1. The summed E-state index contributed by atoms with van der Waals surface area (Å²) in [6.45, 7) is 4.45. The fourth-order valence-electron chi connectivity index (χ4n) is 3.94. The van der Waals surface area contributed by atoms with Gasteiger partial charge in [-0.2, -0.15) is 0 Å². The van der Waals surface area contributed by atoms with Gasteiger partial charge in [0, 0.05) is 35.5 Å². The van der Waals surface area contributed by atoms with Crippen molar-refractivity contribution in [2.45, 2.75) is 26.8 Å². The highest BCUT2D eigenvalue weighted by Gasteiger charge is 2.27. The molecule has 2 amide bonds. The Morgan fingerprint density at radius 2 is 1.91 bits per heavy atom. The number of rotatable bonds is 6. The van der Waals surface area contributed by atoms with Crippen LogP contribution in [0.4, 0.5) is 10.1 Å². The number of anilines is 1. The molecular weight excluding hydrogens is 407 g/mol. The topological polar surface area (TPSA) is 58.6 Å². The van der Waals surface area contributed by atoms with E-state index in [0.29, 0.717) is 29.8 Å². The molecule has 0 saturated carbocycles. The Morgan fingerprint density at radius 1 is 1.09 bits per heavy atom. The number of nitrogens with zero attached hydrogens (tertiary/aromatic N) is 1. The predicted octanol–water partition coefficient (Wildman–Crippen LogP) is 4.66. The van der Waals surface area contributed by atoms with Gasteiger partial charge in [0.2, 0.25) is 0 Å². The largest absolute Gasteiger partial charge is 0.483 e. The molecule has 1 aliphatic heterocycles. The van der Waals surface area contributed by atoms with Gasteiger partial charge in [-0.3, -0.25) is 9.59 Å². The van der Waals surface area contributed by atoms with Crippen LogP contribution in [0.1, 0.15) is 32.6 Å². The van der Waals surface area contributed by atoms with Gasteiger partial charge in [0.15, 0.2) is 6.61 Å². The Bertz CT molecular complexity index is 1180. The maximum Gasteiger partial charge on any atom is 0.262 e. The van der Waals surface area contributed by atoms with Gasteiger partial charge in [-0.05, 0) is 50.1 Å². The van der Waals surface area contributed by atoms with E-state index in [0.717, 1.165) is 22.4 Å². The molecule has 0 saturated heterocycles. The summed E-state index contributed by atoms with van der Waals surface area (Å²) in [5.74, 6) is -0.229. The SMILES string of the molecule is Cc1ccc(NC(=O)COc2cccc3c2CCN(Cc2ccccc2F)C3=O)c(C)c1. The zero-order chi connectivity index (χ0) is 22.7. The van der Waals surface area contributed by atoms with Crippen molar-refractivity contribution in [1.82, 2.24) is 4.90 Å². The van der Waals surface area contributed by atoms with Gasteiger partial charge in [-0.1, -0.05) is 42.0 Å². The molecule has 0 bridgehead atoms. The molecule has 0 radical (unpaired) electrons. The minimum atomic E-state index is -0.321. The van der Waals surface area contributed by atoms with Crippen LogP contribution >= 0.6 is 0 Å². The predicted molar refractivity (Wildman–Crippen MR) is 121 cm³/mol. The number of fused-ring (bicyclic) bond motifs is 1. The average molecular weight is 432 g/mol. The quantitative estimate of drug-likeness (QED) is 0.616. The molecule has 1 aliphatic rings. The molecular formula is C26H25FN2O3. The minimum absolute atomic E-state index is 0.156. The summed E-state index contributed by atoms with van der Waals surface area (Å²) in [6, 6.07) is 17.5. The molecule has 0 aliphatic carbocycles. The molecule has 0 aromatic heterocycles. The van der Waals surface area contributed by atoms with Crippen LogP contribution < -0.4 is 10.1 Å². The van der Waals surface area contributed by atoms with E-state index >= 15 is 0 Å². The zero-order valence-electron chi connectivity index (χ0n) is 18.2. The molecule has 3 aromatic carbocycles. The molecule has 0 atom stereocenters. The van der Waals surface area contributed by atoms with Crippen molar-refractivity contribution in [1.29, 1.82) is 0 Å². The van der Waals surface area contributed by atoms with Crippen LogP contribution in [0, 0.1) is 19.7 Å². The maximum absolute atomic E-state index is 14.0. The summed E-state index contributed by atoms with van der Waals surface area (Å²) < 4.78 is 19.8. The van der Waals surface area contributed by atoms with E-state index in [4.69, 9.17) is 4.74 Å². The van der Waals surface area contributed by atoms with Crippen LogP contribution in [0.5, 0.6) is 5.75 Å². The number of hydrogen-bond acceptors (Lipinski definition) is 3. The first-order valence-corrected chi connectivity index (χ1v) is 10.6. The van der Waals surface area contributed by atoms with Crippen molar-refractivity contribution in [3.63, 3.8) is 0 Å². The van der Waals surface area contributed by atoms with Crippen molar-refractivity contribution in [2.75, 3.05) is 18.5 Å². The summed E-state index contributed by atoms with van der Waals surface area (Å²) >= 11 is 0. The summed E-state index contributed by atoms with van der Waals surface area (Å²) in [5.41, 5.74) is 4.65. The molecule has 32 heavy (non-hydrogen) atoms. The Balaban J connectivity index is 1.43. The molecule has 0 fully saturated rings. The van der Waals surface area contributed by atoms with Gasteiger partial charge in [0.1, 0.15) is 11.6 Å². The van der Waals surface area contributed by atoms with Gasteiger partial charge in [-0.15, -0.1) is 0 Å². The Labute approximate surface area is 186 Å². The van der Waals surface area contributed by atoms with E-state index in [-0.39, 0.29) is 30.8 Å². The van der Waals surface area contributed by atoms with Crippen LogP contribution in [0.3, 0.4) is 0 Å². The number of nitrogens with one attached hydrogen (secondary N) is 1. The molecule has 4 rings (SSSR count). The lowest BCUT2D eigenvalue weighted by Gasteiger charge is -2.29. The maximum atomic E-state index is 14.0. The second-order valence-electron chi connectivity index (χ2n) is 8.01. The van der Waals surface area contributed by atoms with Gasteiger partial charge in [-0.25, -0.2) is 4.39 Å². The van der Waals surface area contributed by atoms with Crippen LogP contribution in [0.25, 0.3) is 0 Å². The third-order valence-corrected chi connectivity index (χ3v) is 5.62. The molecule has 0 unspecified atom stereocenters. The van der Waals surface area contributed by atoms with Crippen molar-refractivity contribution in [3.8, 4) is 5.75 Å². The Kier molecular flexibility index (Phi) is 6.21. The highest BCUT2D eigenvalue weighted by atomic mass is 19.1. The van der Waals surface area contributed by atoms with E-state index in [2.05, 4.69) is 5.32 Å². The van der Waals surface area contributed by atoms with E-state index in [1.807, 2.05) is 32.0 Å².